The molecule has 2 N–H and O–H groups in total. The van der Waals surface area contributed by atoms with Crippen molar-refractivity contribution in [2.75, 3.05) is 11.9 Å². The molecule has 0 fully saturated rings. The summed E-state index contributed by atoms with van der Waals surface area (Å²) in [6.07, 6.45) is 1.22. The van der Waals surface area contributed by atoms with Crippen molar-refractivity contribution in [2.45, 2.75) is 19.8 Å². The van der Waals surface area contributed by atoms with Gasteiger partial charge in [0, 0.05) is 18.7 Å². The molecule has 0 aliphatic heterocycles. The number of rotatable bonds is 6. The van der Waals surface area contributed by atoms with Gasteiger partial charge in [0.25, 0.3) is 0 Å². The van der Waals surface area contributed by atoms with Crippen LogP contribution in [0.1, 0.15) is 19.8 Å². The third-order valence-electron chi connectivity index (χ3n) is 1.95. The molecule has 1 heterocycles. The second kappa shape index (κ2) is 6.95. The van der Waals surface area contributed by atoms with Gasteiger partial charge in [-0.05, 0) is 22.9 Å². The van der Waals surface area contributed by atoms with Crippen LogP contribution in [0, 0.1) is 0 Å². The van der Waals surface area contributed by atoms with E-state index in [0.29, 0.717) is 22.6 Å². The molecule has 0 unspecified atom stereocenters. The zero-order valence-corrected chi connectivity index (χ0v) is 11.4. The molecule has 0 bridgehead atoms. The van der Waals surface area contributed by atoms with E-state index in [0.717, 1.165) is 0 Å². The first-order chi connectivity index (χ1) is 8.52. The molecule has 0 radical (unpaired) electrons. The van der Waals surface area contributed by atoms with Gasteiger partial charge in [0.1, 0.15) is 11.6 Å². The largest absolute Gasteiger partial charge is 0.492 e. The molecule has 0 saturated carbocycles. The summed E-state index contributed by atoms with van der Waals surface area (Å²) in [5.41, 5.74) is 0. The highest BCUT2D eigenvalue weighted by Crippen LogP contribution is 2.26. The molecule has 1 aromatic rings. The van der Waals surface area contributed by atoms with Crippen molar-refractivity contribution in [3.05, 3.63) is 16.7 Å². The lowest BCUT2D eigenvalue weighted by molar-refractivity contribution is -0.138. The zero-order valence-electron chi connectivity index (χ0n) is 9.77. The van der Waals surface area contributed by atoms with Gasteiger partial charge in [0.2, 0.25) is 5.91 Å². The number of pyridine rings is 1. The van der Waals surface area contributed by atoms with E-state index in [9.17, 15) is 9.59 Å². The molecule has 0 spiro atoms. The van der Waals surface area contributed by atoms with Crippen LogP contribution in [-0.2, 0) is 9.59 Å². The molecule has 1 rings (SSSR count). The van der Waals surface area contributed by atoms with Crippen molar-refractivity contribution in [1.29, 1.82) is 0 Å². The van der Waals surface area contributed by atoms with Gasteiger partial charge in [0.05, 0.1) is 17.5 Å². The Morgan fingerprint density at radius 3 is 2.83 bits per heavy atom. The van der Waals surface area contributed by atoms with Crippen LogP contribution in [0.5, 0.6) is 5.75 Å². The number of aromatic nitrogens is 1. The lowest BCUT2D eigenvalue weighted by atomic mass is 10.3. The Balaban J connectivity index is 2.64. The van der Waals surface area contributed by atoms with Crippen molar-refractivity contribution in [3.8, 4) is 5.75 Å². The molecule has 1 aromatic heterocycles. The number of amides is 1. The van der Waals surface area contributed by atoms with E-state index in [1.54, 1.807) is 6.07 Å². The first kappa shape index (κ1) is 14.4. The van der Waals surface area contributed by atoms with Gasteiger partial charge in [-0.2, -0.15) is 0 Å². The maximum absolute atomic E-state index is 11.4. The first-order valence-corrected chi connectivity index (χ1v) is 6.12. The molecule has 18 heavy (non-hydrogen) atoms. The Labute approximate surface area is 112 Å². The van der Waals surface area contributed by atoms with E-state index in [2.05, 4.69) is 26.2 Å². The molecule has 6 nitrogen and oxygen atoms in total. The van der Waals surface area contributed by atoms with Crippen molar-refractivity contribution < 1.29 is 19.4 Å². The Morgan fingerprint density at radius 1 is 1.50 bits per heavy atom. The van der Waals surface area contributed by atoms with E-state index in [-0.39, 0.29) is 12.8 Å². The summed E-state index contributed by atoms with van der Waals surface area (Å²) < 4.78 is 6.01. The monoisotopic (exact) mass is 316 g/mol. The number of anilines is 1. The van der Waals surface area contributed by atoms with Gasteiger partial charge in [0.15, 0.2) is 0 Å². The molecule has 0 saturated heterocycles. The summed E-state index contributed by atoms with van der Waals surface area (Å²) in [5, 5.41) is 11.0. The smallest absolute Gasteiger partial charge is 0.303 e. The number of carboxylic acid groups (broad SMARTS) is 1. The zero-order chi connectivity index (χ0) is 13.5. The normalized spacial score (nSPS) is 9.89. The molecule has 0 atom stereocenters. The highest BCUT2D eigenvalue weighted by atomic mass is 79.9. The van der Waals surface area contributed by atoms with E-state index in [4.69, 9.17) is 9.84 Å². The highest BCUT2D eigenvalue weighted by Gasteiger charge is 2.08. The van der Waals surface area contributed by atoms with Gasteiger partial charge >= 0.3 is 5.97 Å². The summed E-state index contributed by atoms with van der Waals surface area (Å²) in [7, 11) is 0. The predicted octanol–water partition coefficient (Wildman–Crippen LogP) is 2.05. The molecule has 0 aromatic carbocycles. The quantitative estimate of drug-likeness (QED) is 0.838. The molecular formula is C11H13BrN2O4. The van der Waals surface area contributed by atoms with Crippen LogP contribution < -0.4 is 10.1 Å². The van der Waals surface area contributed by atoms with Gasteiger partial charge in [-0.1, -0.05) is 0 Å². The maximum atomic E-state index is 11.4. The lowest BCUT2D eigenvalue weighted by Gasteiger charge is -2.08. The van der Waals surface area contributed by atoms with Gasteiger partial charge in [-0.15, -0.1) is 0 Å². The number of carbonyl (C=O) groups is 2. The summed E-state index contributed by atoms with van der Waals surface area (Å²) in [6, 6.07) is 1.58. The number of nitrogens with one attached hydrogen (secondary N) is 1. The summed E-state index contributed by atoms with van der Waals surface area (Å²) in [6.45, 7) is 2.34. The standard InChI is InChI=1S/C11H13BrN2O4/c1-2-18-8-5-9(13-6-7(8)12)14-10(15)3-4-11(16)17/h5-6H,2-4H2,1H3,(H,16,17)(H,13,14,15). The SMILES string of the molecule is CCOc1cc(NC(=O)CCC(=O)O)ncc1Br. The number of hydrogen-bond acceptors (Lipinski definition) is 4. The van der Waals surface area contributed by atoms with Crippen molar-refractivity contribution >= 4 is 33.6 Å². The van der Waals surface area contributed by atoms with E-state index >= 15 is 0 Å². The van der Waals surface area contributed by atoms with Gasteiger partial charge < -0.3 is 15.2 Å². The van der Waals surface area contributed by atoms with E-state index in [1.807, 2.05) is 6.92 Å². The Kier molecular flexibility index (Phi) is 5.57. The molecular weight excluding hydrogens is 304 g/mol. The number of nitrogens with zero attached hydrogens (tertiary/aromatic N) is 1. The van der Waals surface area contributed by atoms with Crippen LogP contribution >= 0.6 is 15.9 Å². The van der Waals surface area contributed by atoms with E-state index < -0.39 is 11.9 Å². The Bertz CT molecular complexity index is 451. The number of halogens is 1. The van der Waals surface area contributed by atoms with Crippen LogP contribution in [0.15, 0.2) is 16.7 Å². The van der Waals surface area contributed by atoms with E-state index in [1.165, 1.54) is 6.20 Å². The van der Waals surface area contributed by atoms with Crippen molar-refractivity contribution in [3.63, 3.8) is 0 Å². The summed E-state index contributed by atoms with van der Waals surface area (Å²) >= 11 is 3.27. The third kappa shape index (κ3) is 4.70. The Morgan fingerprint density at radius 2 is 2.22 bits per heavy atom. The minimum atomic E-state index is -1.01. The van der Waals surface area contributed by atoms with Crippen molar-refractivity contribution in [1.82, 2.24) is 4.98 Å². The fraction of sp³-hybridized carbons (Fsp3) is 0.364. The van der Waals surface area contributed by atoms with Crippen LogP contribution in [0.25, 0.3) is 0 Å². The third-order valence-corrected chi connectivity index (χ3v) is 2.55. The fourth-order valence-corrected chi connectivity index (χ4v) is 1.51. The molecule has 98 valence electrons. The van der Waals surface area contributed by atoms with Gasteiger partial charge in [-0.25, -0.2) is 4.98 Å². The minimum Gasteiger partial charge on any atom is -0.492 e. The minimum absolute atomic E-state index is 0.0863. The van der Waals surface area contributed by atoms with Crippen LogP contribution in [-0.4, -0.2) is 28.6 Å². The number of carbonyl (C=O) groups excluding carboxylic acids is 1. The van der Waals surface area contributed by atoms with Crippen LogP contribution in [0.2, 0.25) is 0 Å². The number of hydrogen-bond donors (Lipinski definition) is 2. The van der Waals surface area contributed by atoms with Crippen LogP contribution in [0.3, 0.4) is 0 Å². The van der Waals surface area contributed by atoms with Crippen LogP contribution in [0.4, 0.5) is 5.82 Å². The maximum Gasteiger partial charge on any atom is 0.303 e. The molecule has 0 aliphatic rings. The number of aliphatic carboxylic acids is 1. The van der Waals surface area contributed by atoms with Crippen molar-refractivity contribution in [2.24, 2.45) is 0 Å². The average molecular weight is 317 g/mol. The topological polar surface area (TPSA) is 88.5 Å². The number of carboxylic acids is 1. The lowest BCUT2D eigenvalue weighted by Crippen LogP contribution is -2.14. The Hall–Kier alpha value is -1.63. The number of ether oxygens (including phenoxy) is 1. The molecule has 1 amide bonds. The predicted molar refractivity (Wildman–Crippen MR) is 68.6 cm³/mol. The first-order valence-electron chi connectivity index (χ1n) is 5.33. The van der Waals surface area contributed by atoms with Gasteiger partial charge in [-0.3, -0.25) is 9.59 Å². The second-order valence-corrected chi connectivity index (χ2v) is 4.23. The summed E-state index contributed by atoms with van der Waals surface area (Å²) in [4.78, 5) is 25.7. The molecule has 0 aliphatic carbocycles. The summed E-state index contributed by atoms with van der Waals surface area (Å²) in [5.74, 6) is -0.503. The average Bonchev–Trinajstić information content (AvgIpc) is 2.31. The molecule has 7 heteroatoms. The second-order valence-electron chi connectivity index (χ2n) is 3.37. The highest BCUT2D eigenvalue weighted by molar-refractivity contribution is 9.10. The fourth-order valence-electron chi connectivity index (χ4n) is 1.18.